The van der Waals surface area contributed by atoms with Crippen LogP contribution in [-0.2, 0) is 9.53 Å². The molecule has 0 spiro atoms. The predicted octanol–water partition coefficient (Wildman–Crippen LogP) is 6.28. The Morgan fingerprint density at radius 2 is 1.76 bits per heavy atom. The van der Waals surface area contributed by atoms with Gasteiger partial charge in [-0.25, -0.2) is 4.79 Å². The first-order valence-electron chi connectivity index (χ1n) is 13.6. The van der Waals surface area contributed by atoms with E-state index < -0.39 is 5.97 Å². The predicted molar refractivity (Wildman–Crippen MR) is 165 cm³/mol. The molecule has 1 amide bonds. The van der Waals surface area contributed by atoms with Crippen molar-refractivity contribution >= 4 is 45.7 Å². The molecule has 1 aliphatic heterocycles. The molecule has 2 atom stereocenters. The number of esters is 1. The van der Waals surface area contributed by atoms with Crippen LogP contribution < -0.4 is 10.6 Å². The number of benzene rings is 3. The van der Waals surface area contributed by atoms with Crippen molar-refractivity contribution in [3.63, 3.8) is 0 Å². The highest BCUT2D eigenvalue weighted by Gasteiger charge is 2.41. The van der Waals surface area contributed by atoms with E-state index in [0.717, 1.165) is 22.2 Å². The Labute approximate surface area is 248 Å². The van der Waals surface area contributed by atoms with E-state index in [1.54, 1.807) is 18.3 Å². The summed E-state index contributed by atoms with van der Waals surface area (Å²) in [6, 6.07) is 29.7. The number of thiocarbonyl (C=S) groups is 1. The van der Waals surface area contributed by atoms with Gasteiger partial charge in [0.25, 0.3) is 0 Å². The molecule has 1 fully saturated rings. The van der Waals surface area contributed by atoms with E-state index in [0.29, 0.717) is 34.3 Å². The summed E-state index contributed by atoms with van der Waals surface area (Å²) in [6.45, 7) is 0.352. The highest BCUT2D eigenvalue weighted by Crippen LogP contribution is 2.41. The number of nitrogens with zero attached hydrogens (tertiary/aromatic N) is 2. The molecule has 3 aromatic carbocycles. The molecule has 0 saturated carbocycles. The van der Waals surface area contributed by atoms with Gasteiger partial charge in [-0.3, -0.25) is 9.78 Å². The van der Waals surface area contributed by atoms with Gasteiger partial charge in [-0.2, -0.15) is 0 Å². The van der Waals surface area contributed by atoms with Crippen molar-refractivity contribution in [3.8, 4) is 11.3 Å². The van der Waals surface area contributed by atoms with Crippen molar-refractivity contribution in [1.29, 1.82) is 0 Å². The van der Waals surface area contributed by atoms with Crippen LogP contribution >= 0.6 is 12.2 Å². The molecule has 8 nitrogen and oxygen atoms in total. The number of carbonyl (C=O) groups is 2. The molecule has 0 radical (unpaired) electrons. The van der Waals surface area contributed by atoms with Gasteiger partial charge >= 0.3 is 5.97 Å². The maximum atomic E-state index is 13.2. The van der Waals surface area contributed by atoms with Crippen LogP contribution in [0.1, 0.15) is 40.3 Å². The molecule has 1 saturated heterocycles. The molecule has 0 unspecified atom stereocenters. The van der Waals surface area contributed by atoms with Gasteiger partial charge in [0.1, 0.15) is 17.6 Å². The summed E-state index contributed by atoms with van der Waals surface area (Å²) < 4.78 is 11.4. The highest BCUT2D eigenvalue weighted by molar-refractivity contribution is 7.80. The van der Waals surface area contributed by atoms with Crippen LogP contribution in [0.25, 0.3) is 22.1 Å². The number of nitrogens with one attached hydrogen (secondary N) is 2. The third-order valence-corrected chi connectivity index (χ3v) is 7.71. The summed E-state index contributed by atoms with van der Waals surface area (Å²) in [7, 11) is 1.35. The maximum Gasteiger partial charge on any atom is 0.338 e. The van der Waals surface area contributed by atoms with Crippen LogP contribution in [0.15, 0.2) is 108 Å². The third-order valence-electron chi connectivity index (χ3n) is 7.36. The number of carbonyl (C=O) groups excluding carboxylic acids is 2. The Morgan fingerprint density at radius 3 is 2.60 bits per heavy atom. The van der Waals surface area contributed by atoms with Crippen LogP contribution in [0.2, 0.25) is 0 Å². The first-order valence-corrected chi connectivity index (χ1v) is 14.0. The zero-order valence-corrected chi connectivity index (χ0v) is 23.6. The van der Waals surface area contributed by atoms with Gasteiger partial charge in [0, 0.05) is 35.8 Å². The standard InChI is InChI=1S/C33H28N4O4S/c1-40-32(39)24-13-5-4-12-23(24)27-16-17-28(41-27)31-30(26-14-6-7-19-34-26)36-33(42)37(31)20-18-29(38)35-25-15-8-10-21-9-2-3-11-22(21)25/h2-17,19,30-31H,18,20H2,1H3,(H,35,38)(H,36,42)/t30-,31-/m0/s1. The second-order valence-corrected chi connectivity index (χ2v) is 10.3. The molecule has 42 heavy (non-hydrogen) atoms. The Hall–Kier alpha value is -5.02. The fraction of sp³-hybridized carbons (Fsp3) is 0.152. The Kier molecular flexibility index (Phi) is 7.66. The zero-order valence-electron chi connectivity index (χ0n) is 22.8. The van der Waals surface area contributed by atoms with Crippen molar-refractivity contribution < 1.29 is 18.7 Å². The van der Waals surface area contributed by atoms with Crippen LogP contribution in [0.5, 0.6) is 0 Å². The molecule has 3 heterocycles. The van der Waals surface area contributed by atoms with Gasteiger partial charge in [-0.15, -0.1) is 0 Å². The lowest BCUT2D eigenvalue weighted by molar-refractivity contribution is -0.116. The van der Waals surface area contributed by atoms with Crippen LogP contribution in [0, 0.1) is 0 Å². The summed E-state index contributed by atoms with van der Waals surface area (Å²) in [5, 5.41) is 8.98. The van der Waals surface area contributed by atoms with E-state index >= 15 is 0 Å². The number of pyridine rings is 1. The van der Waals surface area contributed by atoms with Gasteiger partial charge in [0.15, 0.2) is 5.11 Å². The molecule has 2 N–H and O–H groups in total. The summed E-state index contributed by atoms with van der Waals surface area (Å²) in [5.41, 5.74) is 2.59. The van der Waals surface area contributed by atoms with E-state index in [9.17, 15) is 9.59 Å². The normalized spacial score (nSPS) is 16.3. The number of aromatic nitrogens is 1. The van der Waals surface area contributed by atoms with Crippen molar-refractivity contribution in [3.05, 3.63) is 120 Å². The number of methoxy groups -OCH3 is 1. The van der Waals surface area contributed by atoms with Crippen LogP contribution in [0.4, 0.5) is 5.69 Å². The lowest BCUT2D eigenvalue weighted by atomic mass is 10.0. The molecule has 210 valence electrons. The zero-order chi connectivity index (χ0) is 29.1. The van der Waals surface area contributed by atoms with Crippen molar-refractivity contribution in [2.24, 2.45) is 0 Å². The topological polar surface area (TPSA) is 96.7 Å². The number of hydrogen-bond acceptors (Lipinski definition) is 6. The highest BCUT2D eigenvalue weighted by atomic mass is 32.1. The Morgan fingerprint density at radius 1 is 0.976 bits per heavy atom. The van der Waals surface area contributed by atoms with E-state index in [1.807, 2.05) is 89.8 Å². The van der Waals surface area contributed by atoms with Gasteiger partial charge in [-0.1, -0.05) is 60.7 Å². The molecule has 0 aliphatic carbocycles. The van der Waals surface area contributed by atoms with Crippen LogP contribution in [-0.4, -0.2) is 40.5 Å². The summed E-state index contributed by atoms with van der Waals surface area (Å²) in [6.07, 6.45) is 1.94. The molecular formula is C33H28N4O4S. The van der Waals surface area contributed by atoms with Gasteiger partial charge < -0.3 is 24.7 Å². The first-order chi connectivity index (χ1) is 20.5. The van der Waals surface area contributed by atoms with Crippen molar-refractivity contribution in [2.45, 2.75) is 18.5 Å². The van der Waals surface area contributed by atoms with E-state index in [1.165, 1.54) is 7.11 Å². The quantitative estimate of drug-likeness (QED) is 0.165. The monoisotopic (exact) mass is 576 g/mol. The van der Waals surface area contributed by atoms with Gasteiger partial charge in [0.05, 0.1) is 24.4 Å². The fourth-order valence-corrected chi connectivity index (χ4v) is 5.70. The molecule has 0 bridgehead atoms. The lowest BCUT2D eigenvalue weighted by Crippen LogP contribution is -2.32. The van der Waals surface area contributed by atoms with Gasteiger partial charge in [-0.05, 0) is 54.0 Å². The minimum absolute atomic E-state index is 0.124. The second-order valence-electron chi connectivity index (χ2n) is 9.88. The second kappa shape index (κ2) is 11.8. The average molecular weight is 577 g/mol. The number of ether oxygens (including phenoxy) is 1. The number of amides is 1. The first kappa shape index (κ1) is 27.2. The van der Waals surface area contributed by atoms with Crippen LogP contribution in [0.3, 0.4) is 0 Å². The fourth-order valence-electron chi connectivity index (χ4n) is 5.37. The van der Waals surface area contributed by atoms with E-state index in [4.69, 9.17) is 21.4 Å². The summed E-state index contributed by atoms with van der Waals surface area (Å²) in [4.78, 5) is 32.1. The minimum atomic E-state index is -0.447. The largest absolute Gasteiger partial charge is 0.465 e. The van der Waals surface area contributed by atoms with E-state index in [2.05, 4.69) is 15.6 Å². The molecule has 1 aliphatic rings. The maximum absolute atomic E-state index is 13.2. The third kappa shape index (κ3) is 5.34. The molecule has 5 aromatic rings. The van der Waals surface area contributed by atoms with Crippen molar-refractivity contribution in [1.82, 2.24) is 15.2 Å². The summed E-state index contributed by atoms with van der Waals surface area (Å²) >= 11 is 5.76. The number of hydrogen-bond donors (Lipinski definition) is 2. The number of rotatable bonds is 8. The molecule has 9 heteroatoms. The minimum Gasteiger partial charge on any atom is -0.465 e. The van der Waals surface area contributed by atoms with E-state index in [-0.39, 0.29) is 24.4 Å². The molecule has 6 rings (SSSR count). The SMILES string of the molecule is COC(=O)c1ccccc1-c1ccc([C@H]2[C@H](c3ccccn3)NC(=S)N2CCC(=O)Nc2cccc3ccccc23)o1. The number of fused-ring (bicyclic) bond motifs is 1. The molecular weight excluding hydrogens is 548 g/mol. The van der Waals surface area contributed by atoms with Gasteiger partial charge in [0.2, 0.25) is 5.91 Å². The Bertz CT molecular complexity index is 1770. The van der Waals surface area contributed by atoms with Crippen molar-refractivity contribution in [2.75, 3.05) is 19.0 Å². The average Bonchev–Trinajstić information content (AvgIpc) is 3.64. The number of anilines is 1. The Balaban J connectivity index is 1.28. The lowest BCUT2D eigenvalue weighted by Gasteiger charge is -2.26. The smallest absolute Gasteiger partial charge is 0.338 e. The molecule has 2 aromatic heterocycles. The number of furan rings is 1. The summed E-state index contributed by atoms with van der Waals surface area (Å²) in [5.74, 6) is 0.582.